The van der Waals surface area contributed by atoms with Crippen LogP contribution in [0.3, 0.4) is 0 Å². The van der Waals surface area contributed by atoms with Crippen LogP contribution in [0.1, 0.15) is 16.8 Å². The number of aromatic nitrogens is 1. The van der Waals surface area contributed by atoms with E-state index in [0.717, 1.165) is 24.4 Å². The van der Waals surface area contributed by atoms with Gasteiger partial charge in [-0.2, -0.15) is 0 Å². The van der Waals surface area contributed by atoms with Gasteiger partial charge in [0.05, 0.1) is 15.5 Å². The fourth-order valence-corrected chi connectivity index (χ4v) is 3.02. The second kappa shape index (κ2) is 7.12. The lowest BCUT2D eigenvalue weighted by molar-refractivity contribution is -0.385. The first kappa shape index (κ1) is 17.9. The first-order valence-corrected chi connectivity index (χ1v) is 8.13. The van der Waals surface area contributed by atoms with E-state index in [-0.39, 0.29) is 28.1 Å². The molecule has 0 saturated carbocycles. The molecule has 1 unspecified atom stereocenters. The van der Waals surface area contributed by atoms with E-state index in [9.17, 15) is 19.3 Å². The largest absolute Gasteiger partial charge is 0.369 e. The second-order valence-electron chi connectivity index (χ2n) is 5.89. The zero-order valence-corrected chi connectivity index (χ0v) is 14.2. The molecule has 1 aromatic carbocycles. The Balaban J connectivity index is 1.75. The number of anilines is 2. The quantitative estimate of drug-likeness (QED) is 0.609. The van der Waals surface area contributed by atoms with Gasteiger partial charge in [-0.05, 0) is 24.6 Å². The minimum Gasteiger partial charge on any atom is -0.369 e. The van der Waals surface area contributed by atoms with Crippen LogP contribution in [0.4, 0.5) is 21.6 Å². The van der Waals surface area contributed by atoms with Gasteiger partial charge in [0.25, 0.3) is 11.6 Å². The average Bonchev–Trinajstić information content (AvgIpc) is 3.05. The molecule has 1 aliphatic rings. The molecule has 1 atom stereocenters. The maximum absolute atomic E-state index is 13.3. The van der Waals surface area contributed by atoms with Crippen LogP contribution in [0.5, 0.6) is 0 Å². The summed E-state index contributed by atoms with van der Waals surface area (Å²) < 4.78 is 13.3. The third-order valence-electron chi connectivity index (χ3n) is 4.15. The molecule has 1 fully saturated rings. The van der Waals surface area contributed by atoms with Gasteiger partial charge in [-0.15, -0.1) is 0 Å². The van der Waals surface area contributed by atoms with Crippen molar-refractivity contribution in [1.82, 2.24) is 4.98 Å². The molecule has 0 radical (unpaired) electrons. The molecule has 136 valence electrons. The van der Waals surface area contributed by atoms with E-state index in [1.54, 1.807) is 12.1 Å². The van der Waals surface area contributed by atoms with Crippen LogP contribution in [0.2, 0.25) is 5.02 Å². The molecule has 1 amide bonds. The van der Waals surface area contributed by atoms with E-state index in [2.05, 4.69) is 10.3 Å². The Hall–Kier alpha value is -2.94. The highest BCUT2D eigenvalue weighted by Crippen LogP contribution is 2.27. The zero-order valence-electron chi connectivity index (χ0n) is 13.5. The normalized spacial score (nSPS) is 16.5. The lowest BCUT2D eigenvalue weighted by Gasteiger charge is -2.20. The fraction of sp³-hybridized carbons (Fsp3) is 0.250. The van der Waals surface area contributed by atoms with Crippen molar-refractivity contribution in [3.8, 4) is 0 Å². The number of rotatable bonds is 5. The molecule has 8 nitrogen and oxygen atoms in total. The molecule has 2 aromatic rings. The number of nitrogens with zero attached hydrogens (tertiary/aromatic N) is 3. The maximum atomic E-state index is 13.3. The van der Waals surface area contributed by atoms with Crippen molar-refractivity contribution in [2.45, 2.75) is 12.5 Å². The Morgan fingerprint density at radius 3 is 2.88 bits per heavy atom. The van der Waals surface area contributed by atoms with Crippen molar-refractivity contribution in [3.63, 3.8) is 0 Å². The SMILES string of the molecule is NC(=O)c1cc([N+](=O)[O-])cnc1NC1CCN(c2ccc(F)c(Cl)c2)C1. The summed E-state index contributed by atoms with van der Waals surface area (Å²) in [5, 5.41) is 14.0. The number of primary amides is 1. The molecule has 0 spiro atoms. The highest BCUT2D eigenvalue weighted by atomic mass is 35.5. The van der Waals surface area contributed by atoms with Gasteiger partial charge in [-0.25, -0.2) is 9.37 Å². The van der Waals surface area contributed by atoms with E-state index in [1.807, 2.05) is 4.90 Å². The van der Waals surface area contributed by atoms with Gasteiger partial charge in [0, 0.05) is 30.9 Å². The summed E-state index contributed by atoms with van der Waals surface area (Å²) in [4.78, 5) is 27.8. The minimum atomic E-state index is -0.802. The number of nitro groups is 1. The summed E-state index contributed by atoms with van der Waals surface area (Å²) >= 11 is 5.82. The molecule has 1 aliphatic heterocycles. The van der Waals surface area contributed by atoms with Gasteiger partial charge in [0.2, 0.25) is 0 Å². The maximum Gasteiger partial charge on any atom is 0.288 e. The summed E-state index contributed by atoms with van der Waals surface area (Å²) in [6.07, 6.45) is 1.80. The average molecular weight is 380 g/mol. The van der Waals surface area contributed by atoms with E-state index in [4.69, 9.17) is 17.3 Å². The molecular formula is C16H15ClFN5O3. The van der Waals surface area contributed by atoms with Crippen molar-refractivity contribution in [3.05, 3.63) is 57.0 Å². The highest BCUT2D eigenvalue weighted by Gasteiger charge is 2.25. The standard InChI is InChI=1S/C16H15ClFN5O3/c17-13-6-10(1-2-14(13)18)22-4-3-9(8-22)21-16-12(15(19)24)5-11(7-20-16)23(25)26/h1-2,5-7,9H,3-4,8H2,(H2,19,24)(H,20,21). The number of halogens is 2. The molecule has 3 rings (SSSR count). The van der Waals surface area contributed by atoms with Crippen molar-refractivity contribution < 1.29 is 14.1 Å². The van der Waals surface area contributed by atoms with Crippen molar-refractivity contribution in [1.29, 1.82) is 0 Å². The van der Waals surface area contributed by atoms with Gasteiger partial charge in [0.15, 0.2) is 0 Å². The van der Waals surface area contributed by atoms with Crippen molar-refractivity contribution in [2.75, 3.05) is 23.3 Å². The number of pyridine rings is 1. The number of carbonyl (C=O) groups is 1. The number of carbonyl (C=O) groups excluding carboxylic acids is 1. The molecule has 10 heteroatoms. The summed E-state index contributed by atoms with van der Waals surface area (Å²) in [6, 6.07) is 5.54. The topological polar surface area (TPSA) is 114 Å². The third-order valence-corrected chi connectivity index (χ3v) is 4.44. The van der Waals surface area contributed by atoms with Crippen molar-refractivity contribution in [2.24, 2.45) is 5.73 Å². The molecule has 1 saturated heterocycles. The fourth-order valence-electron chi connectivity index (χ4n) is 2.84. The van der Waals surface area contributed by atoms with Crippen LogP contribution in [0, 0.1) is 15.9 Å². The van der Waals surface area contributed by atoms with E-state index in [1.165, 1.54) is 6.07 Å². The van der Waals surface area contributed by atoms with Crippen LogP contribution in [0.15, 0.2) is 30.5 Å². The molecule has 1 aromatic heterocycles. The first-order chi connectivity index (χ1) is 12.3. The molecular weight excluding hydrogens is 365 g/mol. The minimum absolute atomic E-state index is 0.0394. The lowest BCUT2D eigenvalue weighted by atomic mass is 10.2. The molecule has 3 N–H and O–H groups in total. The first-order valence-electron chi connectivity index (χ1n) is 7.76. The summed E-state index contributed by atoms with van der Waals surface area (Å²) in [5.74, 6) is -1.08. The Morgan fingerprint density at radius 1 is 1.46 bits per heavy atom. The number of nitrogens with two attached hydrogens (primary N) is 1. The molecule has 0 bridgehead atoms. The number of benzene rings is 1. The monoisotopic (exact) mass is 379 g/mol. The van der Waals surface area contributed by atoms with Crippen LogP contribution in [-0.4, -0.2) is 34.9 Å². The van der Waals surface area contributed by atoms with Gasteiger partial charge < -0.3 is 16.0 Å². The Kier molecular flexibility index (Phi) is 4.90. The van der Waals surface area contributed by atoms with Crippen LogP contribution in [-0.2, 0) is 0 Å². The second-order valence-corrected chi connectivity index (χ2v) is 6.29. The molecule has 0 aliphatic carbocycles. The molecule has 2 heterocycles. The highest BCUT2D eigenvalue weighted by molar-refractivity contribution is 6.31. The van der Waals surface area contributed by atoms with Crippen LogP contribution >= 0.6 is 11.6 Å². The van der Waals surface area contributed by atoms with Crippen molar-refractivity contribution >= 4 is 34.7 Å². The van der Waals surface area contributed by atoms with Gasteiger partial charge in [-0.3, -0.25) is 14.9 Å². The third kappa shape index (κ3) is 3.67. The summed E-state index contributed by atoms with van der Waals surface area (Å²) in [7, 11) is 0. The Labute approximate surface area is 152 Å². The lowest BCUT2D eigenvalue weighted by Crippen LogP contribution is -2.27. The predicted octanol–water partition coefficient (Wildman–Crippen LogP) is 2.57. The number of nitrogens with one attached hydrogen (secondary N) is 1. The number of amides is 1. The van der Waals surface area contributed by atoms with Gasteiger partial charge >= 0.3 is 0 Å². The van der Waals surface area contributed by atoms with Gasteiger partial charge in [-0.1, -0.05) is 11.6 Å². The Morgan fingerprint density at radius 2 is 2.23 bits per heavy atom. The van der Waals surface area contributed by atoms with E-state index >= 15 is 0 Å². The van der Waals surface area contributed by atoms with Gasteiger partial charge in [0.1, 0.15) is 17.8 Å². The Bertz CT molecular complexity index is 879. The number of hydrogen-bond donors (Lipinski definition) is 2. The molecule has 26 heavy (non-hydrogen) atoms. The van der Waals surface area contributed by atoms with E-state index < -0.39 is 16.6 Å². The summed E-state index contributed by atoms with van der Waals surface area (Å²) in [5.41, 5.74) is 5.74. The summed E-state index contributed by atoms with van der Waals surface area (Å²) in [6.45, 7) is 1.26. The van der Waals surface area contributed by atoms with Crippen LogP contribution < -0.4 is 16.0 Å². The smallest absolute Gasteiger partial charge is 0.288 e. The zero-order chi connectivity index (χ0) is 18.8. The van der Waals surface area contributed by atoms with Crippen LogP contribution in [0.25, 0.3) is 0 Å². The number of hydrogen-bond acceptors (Lipinski definition) is 6. The van der Waals surface area contributed by atoms with E-state index in [0.29, 0.717) is 13.1 Å². The predicted molar refractivity (Wildman–Crippen MR) is 95.1 cm³/mol.